The maximum Gasteiger partial charge on any atom is 0.273 e. The predicted molar refractivity (Wildman–Crippen MR) is 76.0 cm³/mol. The lowest BCUT2D eigenvalue weighted by molar-refractivity contribution is 0.768. The van der Waals surface area contributed by atoms with Gasteiger partial charge in [-0.25, -0.2) is 0 Å². The molecule has 0 radical (unpaired) electrons. The molecule has 1 aromatic carbocycles. The standard InChI is InChI=1S/C14H12N2OS/c15-12-5-3-7-16(14(12)17)8-10-9-18-13-6-2-1-4-11(10)13/h1-7,9H,8,15H2. The van der Waals surface area contributed by atoms with Crippen LogP contribution in [0.15, 0.2) is 52.8 Å². The smallest absolute Gasteiger partial charge is 0.273 e. The molecule has 0 aliphatic heterocycles. The quantitative estimate of drug-likeness (QED) is 0.766. The summed E-state index contributed by atoms with van der Waals surface area (Å²) < 4.78 is 2.88. The number of hydrogen-bond acceptors (Lipinski definition) is 3. The Morgan fingerprint density at radius 2 is 2.00 bits per heavy atom. The number of fused-ring (bicyclic) bond motifs is 1. The van der Waals surface area contributed by atoms with Crippen LogP contribution in [-0.2, 0) is 6.54 Å². The number of thiophene rings is 1. The maximum absolute atomic E-state index is 11.9. The van der Waals surface area contributed by atoms with Crippen LogP contribution < -0.4 is 11.3 Å². The summed E-state index contributed by atoms with van der Waals surface area (Å²) in [5.74, 6) is 0. The molecule has 0 bridgehead atoms. The number of nitrogens with zero attached hydrogens (tertiary/aromatic N) is 1. The number of anilines is 1. The van der Waals surface area contributed by atoms with Gasteiger partial charge in [0.25, 0.3) is 5.56 Å². The Labute approximate surface area is 108 Å². The van der Waals surface area contributed by atoms with Crippen LogP contribution in [0.4, 0.5) is 5.69 Å². The minimum Gasteiger partial charge on any atom is -0.394 e. The number of pyridine rings is 1. The van der Waals surface area contributed by atoms with Gasteiger partial charge in [0.2, 0.25) is 0 Å². The van der Waals surface area contributed by atoms with Crippen molar-refractivity contribution in [2.45, 2.75) is 6.54 Å². The van der Waals surface area contributed by atoms with Gasteiger partial charge in [-0.2, -0.15) is 0 Å². The van der Waals surface area contributed by atoms with Gasteiger partial charge in [-0.3, -0.25) is 4.79 Å². The van der Waals surface area contributed by atoms with Gasteiger partial charge in [0.05, 0.1) is 12.2 Å². The summed E-state index contributed by atoms with van der Waals surface area (Å²) in [5.41, 5.74) is 6.94. The molecular formula is C14H12N2OS. The first-order valence-electron chi connectivity index (χ1n) is 5.66. The zero-order chi connectivity index (χ0) is 12.5. The van der Waals surface area contributed by atoms with Crippen molar-refractivity contribution >= 4 is 27.1 Å². The Kier molecular flexibility index (Phi) is 2.64. The molecule has 4 heteroatoms. The van der Waals surface area contributed by atoms with Gasteiger partial charge in [-0.1, -0.05) is 18.2 Å². The summed E-state index contributed by atoms with van der Waals surface area (Å²) in [5, 5.41) is 3.30. The zero-order valence-electron chi connectivity index (χ0n) is 9.67. The molecule has 0 spiro atoms. The molecule has 0 saturated carbocycles. The van der Waals surface area contributed by atoms with Crippen LogP contribution >= 0.6 is 11.3 Å². The summed E-state index contributed by atoms with van der Waals surface area (Å²) in [6.07, 6.45) is 1.77. The maximum atomic E-state index is 11.9. The molecule has 2 heterocycles. The summed E-state index contributed by atoms with van der Waals surface area (Å²) in [6, 6.07) is 11.6. The van der Waals surface area contributed by atoms with Crippen LogP contribution in [-0.4, -0.2) is 4.57 Å². The van der Waals surface area contributed by atoms with Gasteiger partial charge >= 0.3 is 0 Å². The molecule has 3 nitrogen and oxygen atoms in total. The van der Waals surface area contributed by atoms with E-state index in [9.17, 15) is 4.79 Å². The zero-order valence-corrected chi connectivity index (χ0v) is 10.5. The van der Waals surface area contributed by atoms with Gasteiger partial charge in [0.1, 0.15) is 0 Å². The van der Waals surface area contributed by atoms with E-state index >= 15 is 0 Å². The fourth-order valence-electron chi connectivity index (χ4n) is 2.02. The molecule has 3 rings (SSSR count). The van der Waals surface area contributed by atoms with E-state index in [0.29, 0.717) is 6.54 Å². The lowest BCUT2D eigenvalue weighted by Gasteiger charge is -2.05. The number of nitrogen functional groups attached to an aromatic ring is 1. The Hall–Kier alpha value is -2.07. The summed E-state index contributed by atoms with van der Waals surface area (Å²) in [4.78, 5) is 11.9. The third kappa shape index (κ3) is 1.80. The van der Waals surface area contributed by atoms with Crippen LogP contribution in [0.3, 0.4) is 0 Å². The lowest BCUT2D eigenvalue weighted by atomic mass is 10.2. The molecule has 0 atom stereocenters. The van der Waals surface area contributed by atoms with Gasteiger partial charge in [0, 0.05) is 10.9 Å². The van der Waals surface area contributed by atoms with Crippen LogP contribution in [0, 0.1) is 0 Å². The average molecular weight is 256 g/mol. The van der Waals surface area contributed by atoms with E-state index in [1.807, 2.05) is 12.1 Å². The monoisotopic (exact) mass is 256 g/mol. The molecule has 2 aromatic heterocycles. The first-order chi connectivity index (χ1) is 8.75. The fourth-order valence-corrected chi connectivity index (χ4v) is 2.97. The van der Waals surface area contributed by atoms with E-state index in [1.54, 1.807) is 34.2 Å². The van der Waals surface area contributed by atoms with Crippen LogP contribution in [0.2, 0.25) is 0 Å². The Bertz CT molecular complexity index is 758. The van der Waals surface area contributed by atoms with Crippen molar-refractivity contribution in [1.82, 2.24) is 4.57 Å². The second-order valence-corrected chi connectivity index (χ2v) is 5.06. The molecular weight excluding hydrogens is 244 g/mol. The van der Waals surface area contributed by atoms with Crippen LogP contribution in [0.1, 0.15) is 5.56 Å². The molecule has 0 unspecified atom stereocenters. The van der Waals surface area contributed by atoms with E-state index in [0.717, 1.165) is 5.56 Å². The van der Waals surface area contributed by atoms with Crippen molar-refractivity contribution in [2.75, 3.05) is 5.73 Å². The highest BCUT2D eigenvalue weighted by Crippen LogP contribution is 2.25. The minimum atomic E-state index is -0.132. The first kappa shape index (κ1) is 11.0. The average Bonchev–Trinajstić information content (AvgIpc) is 2.79. The van der Waals surface area contributed by atoms with Gasteiger partial charge < -0.3 is 10.3 Å². The lowest BCUT2D eigenvalue weighted by Crippen LogP contribution is -2.22. The van der Waals surface area contributed by atoms with Crippen molar-refractivity contribution in [3.8, 4) is 0 Å². The molecule has 0 aliphatic rings. The van der Waals surface area contributed by atoms with Crippen molar-refractivity contribution in [3.63, 3.8) is 0 Å². The summed E-state index contributed by atoms with van der Waals surface area (Å²) in [7, 11) is 0. The fraction of sp³-hybridized carbons (Fsp3) is 0.0714. The molecule has 18 heavy (non-hydrogen) atoms. The largest absolute Gasteiger partial charge is 0.394 e. The SMILES string of the molecule is Nc1cccn(Cc2csc3ccccc23)c1=O. The van der Waals surface area contributed by atoms with E-state index in [2.05, 4.69) is 17.5 Å². The van der Waals surface area contributed by atoms with Crippen molar-refractivity contribution < 1.29 is 0 Å². The highest BCUT2D eigenvalue weighted by atomic mass is 32.1. The molecule has 0 fully saturated rings. The second kappa shape index (κ2) is 4.31. The third-order valence-electron chi connectivity index (χ3n) is 2.95. The van der Waals surface area contributed by atoms with Crippen molar-refractivity contribution in [1.29, 1.82) is 0 Å². The number of aromatic nitrogens is 1. The van der Waals surface area contributed by atoms with Crippen LogP contribution in [0.25, 0.3) is 10.1 Å². The highest BCUT2D eigenvalue weighted by molar-refractivity contribution is 7.17. The molecule has 90 valence electrons. The Balaban J connectivity index is 2.07. The Morgan fingerprint density at radius 3 is 2.89 bits per heavy atom. The highest BCUT2D eigenvalue weighted by Gasteiger charge is 2.05. The van der Waals surface area contributed by atoms with Gasteiger partial charge in [-0.15, -0.1) is 11.3 Å². The summed E-state index contributed by atoms with van der Waals surface area (Å²) in [6.45, 7) is 0.563. The molecule has 3 aromatic rings. The molecule has 2 N–H and O–H groups in total. The predicted octanol–water partition coefficient (Wildman–Crippen LogP) is 2.69. The normalized spacial score (nSPS) is 10.9. The number of benzene rings is 1. The minimum absolute atomic E-state index is 0.132. The van der Waals surface area contributed by atoms with Gasteiger partial charge in [-0.05, 0) is 34.5 Å². The van der Waals surface area contributed by atoms with Gasteiger partial charge in [0.15, 0.2) is 0 Å². The molecule has 0 saturated heterocycles. The number of nitrogens with two attached hydrogens (primary N) is 1. The van der Waals surface area contributed by atoms with Crippen LogP contribution in [0.5, 0.6) is 0 Å². The van der Waals surface area contributed by atoms with Crippen molar-refractivity contribution in [2.24, 2.45) is 0 Å². The van der Waals surface area contributed by atoms with E-state index in [4.69, 9.17) is 5.73 Å². The topological polar surface area (TPSA) is 48.0 Å². The molecule has 0 aliphatic carbocycles. The van der Waals surface area contributed by atoms with E-state index in [-0.39, 0.29) is 11.2 Å². The number of hydrogen-bond donors (Lipinski definition) is 1. The van der Waals surface area contributed by atoms with Crippen molar-refractivity contribution in [3.05, 3.63) is 63.9 Å². The van der Waals surface area contributed by atoms with E-state index < -0.39 is 0 Å². The number of rotatable bonds is 2. The first-order valence-corrected chi connectivity index (χ1v) is 6.54. The third-order valence-corrected chi connectivity index (χ3v) is 3.96. The molecule has 0 amide bonds. The summed E-state index contributed by atoms with van der Waals surface area (Å²) >= 11 is 1.70. The second-order valence-electron chi connectivity index (χ2n) is 4.15. The Morgan fingerprint density at radius 1 is 1.17 bits per heavy atom. The van der Waals surface area contributed by atoms with E-state index in [1.165, 1.54) is 10.1 Å².